The standard InChI is InChI=1S/C18H26N6O/c1-4-16-19-6-8-22(16)7-5-17(25)23-9-11-24(12-10-23)18-14(2)15(3)20-13-21-18/h6,8,13H,4-5,7,9-12H2,1-3H3. The third-order valence-electron chi connectivity index (χ3n) is 4.93. The third kappa shape index (κ3) is 3.81. The van der Waals surface area contributed by atoms with Crippen molar-refractivity contribution in [2.24, 2.45) is 0 Å². The highest BCUT2D eigenvalue weighted by Crippen LogP contribution is 2.20. The lowest BCUT2D eigenvalue weighted by molar-refractivity contribution is -0.131. The largest absolute Gasteiger partial charge is 0.353 e. The molecule has 25 heavy (non-hydrogen) atoms. The normalized spacial score (nSPS) is 14.8. The van der Waals surface area contributed by atoms with Crippen LogP contribution >= 0.6 is 0 Å². The van der Waals surface area contributed by atoms with E-state index in [9.17, 15) is 4.79 Å². The Morgan fingerprint density at radius 2 is 1.88 bits per heavy atom. The van der Waals surface area contributed by atoms with Crippen molar-refractivity contribution in [3.63, 3.8) is 0 Å². The summed E-state index contributed by atoms with van der Waals surface area (Å²) in [6, 6.07) is 0. The van der Waals surface area contributed by atoms with Crippen LogP contribution in [0.4, 0.5) is 5.82 Å². The van der Waals surface area contributed by atoms with E-state index in [2.05, 4.69) is 38.3 Å². The number of carbonyl (C=O) groups is 1. The van der Waals surface area contributed by atoms with E-state index in [0.29, 0.717) is 13.0 Å². The summed E-state index contributed by atoms with van der Waals surface area (Å²) in [7, 11) is 0. The molecular weight excluding hydrogens is 316 g/mol. The minimum atomic E-state index is 0.214. The molecule has 1 aliphatic heterocycles. The highest BCUT2D eigenvalue weighted by Gasteiger charge is 2.23. The fourth-order valence-electron chi connectivity index (χ4n) is 3.24. The van der Waals surface area contributed by atoms with Gasteiger partial charge in [0.2, 0.25) is 5.91 Å². The van der Waals surface area contributed by atoms with E-state index in [4.69, 9.17) is 0 Å². The predicted molar refractivity (Wildman–Crippen MR) is 96.5 cm³/mol. The van der Waals surface area contributed by atoms with Crippen LogP contribution in [-0.4, -0.2) is 56.5 Å². The Morgan fingerprint density at radius 3 is 2.60 bits per heavy atom. The molecule has 0 saturated carbocycles. The summed E-state index contributed by atoms with van der Waals surface area (Å²) in [5.74, 6) is 2.24. The number of nitrogens with zero attached hydrogens (tertiary/aromatic N) is 6. The molecule has 3 rings (SSSR count). The molecule has 3 heterocycles. The van der Waals surface area contributed by atoms with Crippen molar-refractivity contribution < 1.29 is 4.79 Å². The third-order valence-corrected chi connectivity index (χ3v) is 4.93. The number of rotatable bonds is 5. The van der Waals surface area contributed by atoms with Crippen molar-refractivity contribution in [1.29, 1.82) is 0 Å². The maximum absolute atomic E-state index is 12.5. The van der Waals surface area contributed by atoms with Crippen molar-refractivity contribution in [2.75, 3.05) is 31.1 Å². The van der Waals surface area contributed by atoms with E-state index in [1.54, 1.807) is 12.5 Å². The van der Waals surface area contributed by atoms with Crippen molar-refractivity contribution in [3.8, 4) is 0 Å². The summed E-state index contributed by atoms with van der Waals surface area (Å²) < 4.78 is 2.07. The SMILES string of the molecule is CCc1nccn1CCC(=O)N1CCN(c2ncnc(C)c2C)CC1. The van der Waals surface area contributed by atoms with Crippen LogP contribution in [0, 0.1) is 13.8 Å². The Kier molecular flexibility index (Phi) is 5.31. The van der Waals surface area contributed by atoms with Gasteiger partial charge in [0.05, 0.1) is 0 Å². The zero-order valence-electron chi connectivity index (χ0n) is 15.3. The zero-order valence-corrected chi connectivity index (χ0v) is 15.3. The van der Waals surface area contributed by atoms with Crippen LogP contribution in [-0.2, 0) is 17.8 Å². The van der Waals surface area contributed by atoms with Crippen LogP contribution in [0.15, 0.2) is 18.7 Å². The summed E-state index contributed by atoms with van der Waals surface area (Å²) in [4.78, 5) is 29.7. The Hall–Kier alpha value is -2.44. The molecule has 0 aliphatic carbocycles. The van der Waals surface area contributed by atoms with Crippen LogP contribution in [0.25, 0.3) is 0 Å². The number of carbonyl (C=O) groups excluding carboxylic acids is 1. The number of piperazine rings is 1. The van der Waals surface area contributed by atoms with Gasteiger partial charge in [0.25, 0.3) is 0 Å². The van der Waals surface area contributed by atoms with Gasteiger partial charge in [0, 0.05) is 69.2 Å². The second kappa shape index (κ2) is 7.63. The number of hydrogen-bond acceptors (Lipinski definition) is 5. The second-order valence-electron chi connectivity index (χ2n) is 6.42. The Balaban J connectivity index is 1.53. The zero-order chi connectivity index (χ0) is 17.8. The number of aryl methyl sites for hydroxylation is 3. The van der Waals surface area contributed by atoms with Gasteiger partial charge in [-0.3, -0.25) is 4.79 Å². The molecule has 0 spiro atoms. The number of anilines is 1. The van der Waals surface area contributed by atoms with Crippen molar-refractivity contribution >= 4 is 11.7 Å². The first-order valence-corrected chi connectivity index (χ1v) is 8.91. The van der Waals surface area contributed by atoms with Gasteiger partial charge in [-0.2, -0.15) is 0 Å². The molecule has 1 aliphatic rings. The first kappa shape index (κ1) is 17.4. The Morgan fingerprint density at radius 1 is 1.12 bits per heavy atom. The van der Waals surface area contributed by atoms with Gasteiger partial charge in [-0.25, -0.2) is 15.0 Å². The van der Waals surface area contributed by atoms with E-state index in [1.807, 2.05) is 18.0 Å². The van der Waals surface area contributed by atoms with E-state index in [1.165, 1.54) is 0 Å². The summed E-state index contributed by atoms with van der Waals surface area (Å²) in [6.07, 6.45) is 6.77. The molecule has 7 heteroatoms. The minimum Gasteiger partial charge on any atom is -0.353 e. The molecular formula is C18H26N6O. The van der Waals surface area contributed by atoms with Crippen LogP contribution < -0.4 is 4.90 Å². The number of aromatic nitrogens is 4. The van der Waals surface area contributed by atoms with Gasteiger partial charge in [-0.05, 0) is 13.8 Å². The van der Waals surface area contributed by atoms with Crippen molar-refractivity contribution in [2.45, 2.75) is 40.2 Å². The lowest BCUT2D eigenvalue weighted by Gasteiger charge is -2.36. The molecule has 1 amide bonds. The minimum absolute atomic E-state index is 0.214. The fourth-order valence-corrected chi connectivity index (χ4v) is 3.24. The fraction of sp³-hybridized carbons (Fsp3) is 0.556. The molecule has 0 aromatic carbocycles. The maximum Gasteiger partial charge on any atom is 0.224 e. The lowest BCUT2D eigenvalue weighted by atomic mass is 10.2. The lowest BCUT2D eigenvalue weighted by Crippen LogP contribution is -2.49. The summed E-state index contributed by atoms with van der Waals surface area (Å²) in [5, 5.41) is 0. The smallest absolute Gasteiger partial charge is 0.224 e. The highest BCUT2D eigenvalue weighted by atomic mass is 16.2. The van der Waals surface area contributed by atoms with Crippen LogP contribution in [0.3, 0.4) is 0 Å². The van der Waals surface area contributed by atoms with Crippen LogP contribution in [0.5, 0.6) is 0 Å². The first-order valence-electron chi connectivity index (χ1n) is 8.91. The van der Waals surface area contributed by atoms with Gasteiger partial charge in [0.1, 0.15) is 18.0 Å². The van der Waals surface area contributed by atoms with E-state index in [-0.39, 0.29) is 5.91 Å². The van der Waals surface area contributed by atoms with Crippen molar-refractivity contribution in [1.82, 2.24) is 24.4 Å². The van der Waals surface area contributed by atoms with E-state index < -0.39 is 0 Å². The van der Waals surface area contributed by atoms with Gasteiger partial charge < -0.3 is 14.4 Å². The molecule has 134 valence electrons. The van der Waals surface area contributed by atoms with Gasteiger partial charge in [0.15, 0.2) is 0 Å². The molecule has 0 N–H and O–H groups in total. The van der Waals surface area contributed by atoms with E-state index in [0.717, 1.165) is 55.5 Å². The summed E-state index contributed by atoms with van der Waals surface area (Å²) >= 11 is 0. The van der Waals surface area contributed by atoms with Gasteiger partial charge >= 0.3 is 0 Å². The first-order chi connectivity index (χ1) is 12.1. The molecule has 1 saturated heterocycles. The van der Waals surface area contributed by atoms with Crippen molar-refractivity contribution in [3.05, 3.63) is 35.8 Å². The number of hydrogen-bond donors (Lipinski definition) is 0. The average molecular weight is 342 g/mol. The molecule has 0 atom stereocenters. The molecule has 2 aromatic heterocycles. The number of imidazole rings is 1. The molecule has 0 unspecified atom stereocenters. The van der Waals surface area contributed by atoms with Crippen LogP contribution in [0.2, 0.25) is 0 Å². The molecule has 0 bridgehead atoms. The molecule has 7 nitrogen and oxygen atoms in total. The van der Waals surface area contributed by atoms with Gasteiger partial charge in [-0.15, -0.1) is 0 Å². The molecule has 2 aromatic rings. The highest BCUT2D eigenvalue weighted by molar-refractivity contribution is 5.76. The Labute approximate surface area is 148 Å². The topological polar surface area (TPSA) is 67.2 Å². The second-order valence-corrected chi connectivity index (χ2v) is 6.42. The summed E-state index contributed by atoms with van der Waals surface area (Å²) in [6.45, 7) is 9.95. The monoisotopic (exact) mass is 342 g/mol. The number of amides is 1. The maximum atomic E-state index is 12.5. The van der Waals surface area contributed by atoms with E-state index >= 15 is 0 Å². The molecule has 1 fully saturated rings. The average Bonchev–Trinajstić information content (AvgIpc) is 3.10. The predicted octanol–water partition coefficient (Wildman–Crippen LogP) is 1.59. The van der Waals surface area contributed by atoms with Crippen LogP contribution in [0.1, 0.15) is 30.4 Å². The summed E-state index contributed by atoms with van der Waals surface area (Å²) in [5.41, 5.74) is 2.13. The quantitative estimate of drug-likeness (QED) is 0.825. The van der Waals surface area contributed by atoms with Gasteiger partial charge in [-0.1, -0.05) is 6.92 Å². The Bertz CT molecular complexity index is 733. The molecule has 0 radical (unpaired) electrons.